The number of hydrogen-bond donors (Lipinski definition) is 2. The number of benzene rings is 3. The molecule has 2 aromatic rings. The number of alkyl halides is 1. The molecule has 21 heteroatoms. The van der Waals surface area contributed by atoms with Crippen LogP contribution in [0.4, 0.5) is 5.69 Å². The summed E-state index contributed by atoms with van der Waals surface area (Å²) < 4.78 is 77.3. The predicted molar refractivity (Wildman–Crippen MR) is 296 cm³/mol. The number of amides is 1. The Hall–Kier alpha value is -4.80. The molecule has 0 atom stereocenters. The second-order valence-corrected chi connectivity index (χ2v) is 22.8. The Labute approximate surface area is 460 Å². The van der Waals surface area contributed by atoms with Crippen LogP contribution >= 0.6 is 11.6 Å². The molecule has 7 rings (SSSR count). The Morgan fingerprint density at radius 2 is 1.48 bits per heavy atom. The SMILES string of the molecule is CCCCN1CC[N+](=c2ccc3c(-c4cc(C(=O)CCC5CCC(C(=O)NCCOCCOCCCCCCCl)CC5)ccc4C(=O)[O-])c4ccc(N5CCN(CCCCS(=O)(=O)O)CC5)cc4oc-3c2)CC1.O=S(=O)=O. The number of aromatic carboxylic acids is 1. The van der Waals surface area contributed by atoms with E-state index in [0.717, 1.165) is 152 Å². The number of carboxylic acid groups (broad SMARTS) is 1. The molecule has 77 heavy (non-hydrogen) atoms. The first kappa shape index (κ1) is 61.4. The second kappa shape index (κ2) is 31.7. The van der Waals surface area contributed by atoms with Crippen LogP contribution in [-0.4, -0.2) is 163 Å². The van der Waals surface area contributed by atoms with E-state index in [4.69, 9.17) is 42.7 Å². The van der Waals surface area contributed by atoms with Gasteiger partial charge in [0.05, 0.1) is 50.7 Å². The van der Waals surface area contributed by atoms with Crippen molar-refractivity contribution in [3.8, 4) is 22.5 Å². The standard InChI is InChI=1S/C56H78ClN5O10S.O3S/c1-2-3-24-59-26-30-61(31-27-59)45-16-19-48-52(40-45)72-53-41-46(62-32-28-60(29-33-62)25-7-9-38-73(67,68)69)17-20-49(53)54(48)50-39-44(15-18-47(50)56(65)66)51(63)21-12-42-10-13-43(14-11-42)55(64)58-23-35-71-37-36-70-34-8-5-4-6-22-57;1-4(2)3/h15-20,39-43H,2-14,21-38H2,1H3,(H2-,58,64,65,66,67,68,69);. The fourth-order valence-electron chi connectivity index (χ4n) is 10.7. The highest BCUT2D eigenvalue weighted by molar-refractivity contribution is 7.85. The minimum absolute atomic E-state index is 0.00767. The summed E-state index contributed by atoms with van der Waals surface area (Å²) in [6, 6.07) is 17.0. The molecule has 2 saturated heterocycles. The average Bonchev–Trinajstić information content (AvgIpc) is 3.43. The molecule has 1 amide bonds. The minimum Gasteiger partial charge on any atom is -0.545 e. The molecule has 0 radical (unpaired) electrons. The molecule has 2 aliphatic carbocycles. The molecule has 2 N–H and O–H groups in total. The van der Waals surface area contributed by atoms with E-state index < -0.39 is 26.7 Å². The maximum Gasteiger partial charge on any atom is 0.425 e. The monoisotopic (exact) mass is 1130 g/mol. The van der Waals surface area contributed by atoms with E-state index in [1.165, 1.54) is 12.5 Å². The number of carboxylic acids is 1. The van der Waals surface area contributed by atoms with Crippen LogP contribution in [0.2, 0.25) is 0 Å². The molecule has 18 nitrogen and oxygen atoms in total. The van der Waals surface area contributed by atoms with E-state index in [0.29, 0.717) is 91.9 Å². The lowest BCUT2D eigenvalue weighted by atomic mass is 9.79. The maximum absolute atomic E-state index is 14.1. The molecule has 5 aliphatic rings. The van der Waals surface area contributed by atoms with E-state index in [9.17, 15) is 27.9 Å². The third-order valence-electron chi connectivity index (χ3n) is 15.0. The topological polar surface area (TPSA) is 236 Å². The molecule has 3 heterocycles. The van der Waals surface area contributed by atoms with Crippen LogP contribution in [0.3, 0.4) is 0 Å². The maximum atomic E-state index is 14.1. The molecule has 0 bridgehead atoms. The first-order valence-corrected chi connectivity index (χ1v) is 30.7. The van der Waals surface area contributed by atoms with E-state index in [-0.39, 0.29) is 28.9 Å². The van der Waals surface area contributed by atoms with Gasteiger partial charge in [0.15, 0.2) is 18.9 Å². The fraction of sp³-hybridized carbons (Fsp3) is 0.607. The zero-order valence-corrected chi connectivity index (χ0v) is 47.0. The summed E-state index contributed by atoms with van der Waals surface area (Å²) in [5, 5.41) is 17.7. The van der Waals surface area contributed by atoms with Gasteiger partial charge in [-0.25, -0.2) is 4.58 Å². The van der Waals surface area contributed by atoms with Crippen molar-refractivity contribution < 1.29 is 59.0 Å². The number of unbranched alkanes of at least 4 members (excludes halogenated alkanes) is 5. The van der Waals surface area contributed by atoms with Gasteiger partial charge in [-0.15, -0.1) is 24.2 Å². The number of nitrogens with zero attached hydrogens (tertiary/aromatic N) is 4. The predicted octanol–water partition coefficient (Wildman–Crippen LogP) is 5.96. The summed E-state index contributed by atoms with van der Waals surface area (Å²) in [6.45, 7) is 13.5. The third kappa shape index (κ3) is 19.8. The van der Waals surface area contributed by atoms with Gasteiger partial charge in [0.25, 0.3) is 10.1 Å². The van der Waals surface area contributed by atoms with Crippen molar-refractivity contribution in [2.75, 3.05) is 115 Å². The Balaban J connectivity index is 0.00000232. The molecule has 1 saturated carbocycles. The van der Waals surface area contributed by atoms with Crippen molar-refractivity contribution in [2.45, 2.75) is 96.8 Å². The summed E-state index contributed by atoms with van der Waals surface area (Å²) in [5.74, 6) is -0.00311. The van der Waals surface area contributed by atoms with Crippen LogP contribution in [0.25, 0.3) is 33.4 Å². The van der Waals surface area contributed by atoms with Crippen LogP contribution < -0.4 is 25.3 Å². The minimum atomic E-state index is -3.97. The van der Waals surface area contributed by atoms with Crippen LogP contribution in [0, 0.1) is 11.8 Å². The van der Waals surface area contributed by atoms with Gasteiger partial charge in [-0.2, -0.15) is 8.42 Å². The Bertz CT molecular complexity index is 2820. The van der Waals surface area contributed by atoms with Gasteiger partial charge in [-0.3, -0.25) is 23.9 Å². The number of Topliss-reactive ketones (excluding diaryl/α,β-unsaturated/α-hetero) is 1. The van der Waals surface area contributed by atoms with Crippen LogP contribution in [0.1, 0.15) is 118 Å². The number of halogens is 1. The van der Waals surface area contributed by atoms with Crippen molar-refractivity contribution >= 4 is 66.6 Å². The number of carbonyl (C=O) groups is 3. The second-order valence-electron chi connectivity index (χ2n) is 20.4. The number of ether oxygens (including phenoxy) is 2. The average molecular weight is 1130 g/mol. The molecule has 424 valence electrons. The van der Waals surface area contributed by atoms with Crippen molar-refractivity contribution in [3.63, 3.8) is 0 Å². The van der Waals surface area contributed by atoms with E-state index in [2.05, 4.69) is 43.6 Å². The van der Waals surface area contributed by atoms with E-state index >= 15 is 0 Å². The van der Waals surface area contributed by atoms with Gasteiger partial charge >= 0.3 is 10.6 Å². The van der Waals surface area contributed by atoms with Gasteiger partial charge in [0.1, 0.15) is 11.3 Å². The number of rotatable bonds is 28. The smallest absolute Gasteiger partial charge is 0.425 e. The molecule has 0 aromatic heterocycles. The number of hydrogen-bond acceptors (Lipinski definition) is 15. The Morgan fingerprint density at radius 3 is 2.17 bits per heavy atom. The van der Waals surface area contributed by atoms with Crippen molar-refractivity contribution in [2.24, 2.45) is 11.8 Å². The lowest BCUT2D eigenvalue weighted by molar-refractivity contribution is -0.255. The van der Waals surface area contributed by atoms with Gasteiger partial charge in [0, 0.05) is 103 Å². The first-order valence-electron chi connectivity index (χ1n) is 27.5. The van der Waals surface area contributed by atoms with Crippen molar-refractivity contribution in [1.82, 2.24) is 19.7 Å². The van der Waals surface area contributed by atoms with Crippen molar-refractivity contribution in [1.29, 1.82) is 0 Å². The van der Waals surface area contributed by atoms with E-state index in [1.54, 1.807) is 12.1 Å². The van der Waals surface area contributed by atoms with Gasteiger partial charge < -0.3 is 34.0 Å². The first-order chi connectivity index (χ1) is 37.1. The quantitative estimate of drug-likeness (QED) is 0.0167. The van der Waals surface area contributed by atoms with Crippen LogP contribution in [0.5, 0.6) is 0 Å². The summed E-state index contributed by atoms with van der Waals surface area (Å²) in [7, 11) is -7.08. The molecule has 0 unspecified atom stereocenters. The number of fused-ring (bicyclic) bond motifs is 2. The molecular weight excluding hydrogens is 1050 g/mol. The third-order valence-corrected chi connectivity index (χ3v) is 16.1. The van der Waals surface area contributed by atoms with Crippen LogP contribution in [0.15, 0.2) is 59.0 Å². The van der Waals surface area contributed by atoms with Gasteiger partial charge in [-0.1, -0.05) is 38.3 Å². The summed E-state index contributed by atoms with van der Waals surface area (Å²) in [6.07, 6.45) is 12.0. The Morgan fingerprint density at radius 1 is 0.792 bits per heavy atom. The highest BCUT2D eigenvalue weighted by Crippen LogP contribution is 2.43. The lowest BCUT2D eigenvalue weighted by Crippen LogP contribution is -2.48. The van der Waals surface area contributed by atoms with Gasteiger partial charge in [0.2, 0.25) is 11.3 Å². The molecule has 3 aliphatic heterocycles. The molecule has 0 spiro atoms. The summed E-state index contributed by atoms with van der Waals surface area (Å²) in [5.41, 5.74) is 3.79. The van der Waals surface area contributed by atoms with Gasteiger partial charge in [-0.05, 0) is 113 Å². The Kier molecular flexibility index (Phi) is 25.3. The fourth-order valence-corrected chi connectivity index (χ4v) is 11.4. The van der Waals surface area contributed by atoms with E-state index in [1.807, 2.05) is 24.3 Å². The molecular formula is C56H78ClN5O13S2. The zero-order valence-electron chi connectivity index (χ0n) is 44.6. The number of carbonyl (C=O) groups excluding carboxylic acids is 3. The highest BCUT2D eigenvalue weighted by Gasteiger charge is 2.28. The number of anilines is 1. The number of nitrogens with one attached hydrogen (secondary N) is 1. The highest BCUT2D eigenvalue weighted by atomic mass is 35.5. The zero-order chi connectivity index (χ0) is 55.2. The largest absolute Gasteiger partial charge is 0.545 e. The summed E-state index contributed by atoms with van der Waals surface area (Å²) in [4.78, 5) is 47.1. The molecule has 2 aromatic carbocycles. The summed E-state index contributed by atoms with van der Waals surface area (Å²) >= 11 is 5.72. The number of ketones is 1. The normalized spacial score (nSPS) is 17.5. The number of piperazine rings is 2. The lowest BCUT2D eigenvalue weighted by Gasteiger charge is -2.36. The molecule has 3 fully saturated rings. The van der Waals surface area contributed by atoms with Crippen molar-refractivity contribution in [3.05, 3.63) is 71.1 Å². The van der Waals surface area contributed by atoms with Crippen LogP contribution in [-0.2, 0) is 35.0 Å².